The number of benzene rings is 4. The third-order valence-electron chi connectivity index (χ3n) is 13.6. The monoisotopic (exact) mass is 1060 g/mol. The van der Waals surface area contributed by atoms with Crippen molar-refractivity contribution in [2.45, 2.75) is 131 Å². The van der Waals surface area contributed by atoms with Crippen molar-refractivity contribution in [3.8, 4) is 23.3 Å². The Bertz CT molecular complexity index is 2810. The number of hydrogen-bond donors (Lipinski definition) is 4. The van der Waals surface area contributed by atoms with E-state index in [0.29, 0.717) is 47.0 Å². The van der Waals surface area contributed by atoms with Gasteiger partial charge in [0.2, 0.25) is 23.2 Å². The van der Waals surface area contributed by atoms with Crippen molar-refractivity contribution in [3.05, 3.63) is 118 Å². The molecule has 0 saturated carbocycles. The van der Waals surface area contributed by atoms with E-state index < -0.39 is 0 Å². The number of fused-ring (bicyclic) bond motifs is 1. The van der Waals surface area contributed by atoms with Gasteiger partial charge in [-0.1, -0.05) is 110 Å². The number of phenolic OH excluding ortho intramolecular Hbond substituents is 2. The average molecular weight is 1060 g/mol. The van der Waals surface area contributed by atoms with Crippen LogP contribution < -0.4 is 5.01 Å². The zero-order valence-corrected chi connectivity index (χ0v) is 46.8. The van der Waals surface area contributed by atoms with E-state index >= 15 is 0 Å². The van der Waals surface area contributed by atoms with Crippen LogP contribution in [0.2, 0.25) is 5.02 Å². The molecule has 1 aliphatic heterocycles. The minimum Gasteiger partial charge on any atom is -0.506 e. The first-order chi connectivity index (χ1) is 34.0. The van der Waals surface area contributed by atoms with Gasteiger partial charge >= 0.3 is 0 Å². The number of para-hydroxylation sites is 1. The van der Waals surface area contributed by atoms with E-state index in [9.17, 15) is 20.4 Å². The summed E-state index contributed by atoms with van der Waals surface area (Å²) in [5.74, 6) is 0.0862. The van der Waals surface area contributed by atoms with E-state index in [1.165, 1.54) is 26.3 Å². The molecule has 73 heavy (non-hydrogen) atoms. The van der Waals surface area contributed by atoms with Gasteiger partial charge in [0, 0.05) is 54.6 Å². The van der Waals surface area contributed by atoms with Crippen molar-refractivity contribution in [3.63, 3.8) is 0 Å². The summed E-state index contributed by atoms with van der Waals surface area (Å²) >= 11 is 5.96. The molecular weight excluding hydrogens is 985 g/mol. The summed E-state index contributed by atoms with van der Waals surface area (Å²) in [6.07, 6.45) is 7.12. The Hall–Kier alpha value is -6.36. The molecule has 0 unspecified atom stereocenters. The molecule has 6 aromatic rings. The fourth-order valence-electron chi connectivity index (χ4n) is 8.08. The maximum atomic E-state index is 10.1. The van der Waals surface area contributed by atoms with Crippen molar-refractivity contribution in [2.24, 2.45) is 39.7 Å². The molecule has 4 N–H and O–H groups in total. The Morgan fingerprint density at radius 2 is 1.12 bits per heavy atom. The quantitative estimate of drug-likeness (QED) is 0.0322. The molecule has 15 nitrogen and oxygen atoms in total. The average Bonchev–Trinajstić information content (AvgIpc) is 3.88. The fraction of sp³-hybridized carbons (Fsp3) is 0.429. The van der Waals surface area contributed by atoms with Gasteiger partial charge in [0.1, 0.15) is 35.6 Å². The van der Waals surface area contributed by atoms with Crippen LogP contribution in [0.5, 0.6) is 23.3 Å². The van der Waals surface area contributed by atoms with Crippen molar-refractivity contribution in [1.29, 1.82) is 0 Å². The van der Waals surface area contributed by atoms with Crippen molar-refractivity contribution in [2.75, 3.05) is 18.6 Å². The molecule has 1 aliphatic rings. The van der Waals surface area contributed by atoms with Crippen LogP contribution in [0.4, 0.5) is 34.1 Å². The van der Waals surface area contributed by atoms with Gasteiger partial charge in [-0.3, -0.25) is 5.01 Å². The predicted octanol–water partition coefficient (Wildman–Crippen LogP) is 14.6. The largest absolute Gasteiger partial charge is 0.506 e. The first-order valence-corrected chi connectivity index (χ1v) is 25.2. The number of halogens is 1. The molecule has 0 atom stereocenters. The molecule has 2 aromatic heterocycles. The summed E-state index contributed by atoms with van der Waals surface area (Å²) in [5.41, 5.74) is 9.83. The van der Waals surface area contributed by atoms with Gasteiger partial charge < -0.3 is 20.4 Å². The SMILES string of the molecule is CCCc1nn(C)c(O)c1N=Nc1cc(C(C)(C)CC)ccc1O.CCCc1nn(C)c(O)c1N=Nc1cc(C(C)(C)CC)ccc1O.CC[N+]1=C(/C=N/N(C)c2ccc(Cl)cc2)C(C)(C)c2ccccc21.[Co]. The van der Waals surface area contributed by atoms with Crippen molar-refractivity contribution in [1.82, 2.24) is 19.6 Å². The van der Waals surface area contributed by atoms with E-state index in [1.54, 1.807) is 26.2 Å². The number of hydrogen-bond acceptors (Lipinski definition) is 12. The number of azo groups is 2. The second-order valence-corrected chi connectivity index (χ2v) is 20.2. The molecule has 0 spiro atoms. The normalized spacial score (nSPS) is 13.2. The van der Waals surface area contributed by atoms with E-state index in [-0.39, 0.29) is 56.3 Å². The van der Waals surface area contributed by atoms with Crippen LogP contribution in [0.15, 0.2) is 110 Å². The van der Waals surface area contributed by atoms with Gasteiger partial charge in [-0.25, -0.2) is 9.36 Å². The van der Waals surface area contributed by atoms with Gasteiger partial charge in [-0.2, -0.15) is 19.9 Å². The number of aryl methyl sites for hydroxylation is 4. The first-order valence-electron chi connectivity index (χ1n) is 24.8. The molecule has 0 amide bonds. The molecular formula is C56H75ClCoN11O4+. The number of phenols is 2. The maximum absolute atomic E-state index is 10.1. The first kappa shape index (κ1) is 59.2. The summed E-state index contributed by atoms with van der Waals surface area (Å²) in [5, 5.41) is 72.7. The van der Waals surface area contributed by atoms with E-state index in [4.69, 9.17) is 11.6 Å². The minimum atomic E-state index is -0.0586. The molecule has 3 heterocycles. The maximum Gasteiger partial charge on any atom is 0.238 e. The van der Waals surface area contributed by atoms with Gasteiger partial charge in [0.15, 0.2) is 11.4 Å². The van der Waals surface area contributed by atoms with Gasteiger partial charge in [0.25, 0.3) is 0 Å². The third-order valence-corrected chi connectivity index (χ3v) is 13.8. The van der Waals surface area contributed by atoms with Gasteiger partial charge in [-0.05, 0) is 117 Å². The molecule has 0 saturated heterocycles. The van der Waals surface area contributed by atoms with E-state index in [0.717, 1.165) is 54.1 Å². The van der Waals surface area contributed by atoms with Crippen molar-refractivity contribution < 1.29 is 41.8 Å². The Morgan fingerprint density at radius 3 is 1.55 bits per heavy atom. The van der Waals surface area contributed by atoms with Gasteiger partial charge in [-0.15, -0.1) is 20.5 Å². The number of rotatable bonds is 16. The zero-order valence-electron chi connectivity index (χ0n) is 45.0. The molecule has 0 bridgehead atoms. The molecule has 393 valence electrons. The Balaban J connectivity index is 0.000000236. The summed E-state index contributed by atoms with van der Waals surface area (Å²) in [7, 11) is 5.27. The van der Waals surface area contributed by atoms with Crippen LogP contribution in [-0.2, 0) is 60.0 Å². The summed E-state index contributed by atoms with van der Waals surface area (Å²) in [6, 6.07) is 27.1. The van der Waals surface area contributed by atoms with E-state index in [1.807, 2.05) is 80.6 Å². The predicted molar refractivity (Wildman–Crippen MR) is 292 cm³/mol. The topological polar surface area (TPSA) is 185 Å². The summed E-state index contributed by atoms with van der Waals surface area (Å²) in [6.45, 7) is 24.5. The van der Waals surface area contributed by atoms with Crippen LogP contribution in [0.25, 0.3) is 0 Å². The Kier molecular flexibility index (Phi) is 20.7. The van der Waals surface area contributed by atoms with E-state index in [2.05, 4.69) is 127 Å². The van der Waals surface area contributed by atoms with Crippen LogP contribution in [0, 0.1) is 0 Å². The minimum absolute atomic E-state index is 0. The van der Waals surface area contributed by atoms with Crippen molar-refractivity contribution >= 4 is 57.7 Å². The number of nitrogens with zero attached hydrogens (tertiary/aromatic N) is 11. The summed E-state index contributed by atoms with van der Waals surface area (Å²) in [4.78, 5) is 0. The number of aromatic nitrogens is 4. The summed E-state index contributed by atoms with van der Waals surface area (Å²) < 4.78 is 5.11. The molecule has 7 rings (SSSR count). The second kappa shape index (κ2) is 25.5. The third kappa shape index (κ3) is 14.0. The molecule has 0 aliphatic carbocycles. The number of hydrazone groups is 1. The van der Waals surface area contributed by atoms with Crippen LogP contribution in [0.3, 0.4) is 0 Å². The smallest absolute Gasteiger partial charge is 0.238 e. The molecule has 0 fully saturated rings. The molecule has 1 radical (unpaired) electrons. The standard InChI is InChI=1S/C20H23ClN3.2C18H26N4O2.Co/c1-5-24-18-9-7-6-8-17(18)20(2,3)19(24)14-22-23(4)16-12-10-15(21)11-13-16;2*1-6-8-13-16(17(24)22(5)21-13)20-19-14-11-12(9-10-15(14)23)18(3,4)7-2;/h6-14H,5H2,1-4H3;2*9-11,23-24H,6-8H2,1-5H3;/q+1;;;. The number of aromatic hydroxyl groups is 4. The number of anilines is 1. The second-order valence-electron chi connectivity index (χ2n) is 19.8. The molecule has 17 heteroatoms. The fourth-order valence-corrected chi connectivity index (χ4v) is 8.20. The Morgan fingerprint density at radius 1 is 0.671 bits per heavy atom. The van der Waals surface area contributed by atoms with Gasteiger partial charge in [0.05, 0.1) is 22.5 Å². The van der Waals surface area contributed by atoms with Crippen LogP contribution in [-0.4, -0.2) is 70.1 Å². The molecule has 4 aromatic carbocycles. The van der Waals surface area contributed by atoms with Crippen LogP contribution >= 0.6 is 11.6 Å². The van der Waals surface area contributed by atoms with Crippen LogP contribution in [0.1, 0.15) is 130 Å². The zero-order chi connectivity index (χ0) is 53.1. The Labute approximate surface area is 447 Å².